The lowest BCUT2D eigenvalue weighted by Crippen LogP contribution is -2.60. The summed E-state index contributed by atoms with van der Waals surface area (Å²) in [5.41, 5.74) is 3.80. The van der Waals surface area contributed by atoms with E-state index in [4.69, 9.17) is 15.9 Å². The maximum absolute atomic E-state index is 11.0. The van der Waals surface area contributed by atoms with Crippen molar-refractivity contribution in [3.8, 4) is 0 Å². The molecule has 6 nitrogen and oxygen atoms in total. The molecular formula is C8H17NO5. The molecule has 4 atom stereocenters. The van der Waals surface area contributed by atoms with E-state index in [0.717, 1.165) is 0 Å². The normalized spacial score (nSPS) is 22.2. The summed E-state index contributed by atoms with van der Waals surface area (Å²) in [6, 6.07) is 0. The zero-order chi connectivity index (χ0) is 11.5. The van der Waals surface area contributed by atoms with Crippen LogP contribution in [0, 0.1) is 0 Å². The third kappa shape index (κ3) is 2.73. The summed E-state index contributed by atoms with van der Waals surface area (Å²) in [7, 11) is 0. The number of aliphatic hydroxyl groups is 4. The summed E-state index contributed by atoms with van der Waals surface area (Å²) in [4.78, 5) is 11.0. The van der Waals surface area contributed by atoms with Gasteiger partial charge in [-0.3, -0.25) is 4.79 Å². The minimum atomic E-state index is -1.65. The highest BCUT2D eigenvalue weighted by Gasteiger charge is 2.40. The fourth-order valence-corrected chi connectivity index (χ4v) is 0.881. The maximum atomic E-state index is 11.0. The first-order chi connectivity index (χ1) is 6.25. The highest BCUT2D eigenvalue weighted by Crippen LogP contribution is 2.14. The van der Waals surface area contributed by atoms with Crippen molar-refractivity contribution < 1.29 is 25.2 Å². The average molecular weight is 207 g/mol. The molecule has 0 aromatic carbocycles. The summed E-state index contributed by atoms with van der Waals surface area (Å²) in [6.07, 6.45) is -4.80. The molecule has 0 aromatic rings. The molecule has 6 heteroatoms. The monoisotopic (exact) mass is 207 g/mol. The van der Waals surface area contributed by atoms with E-state index in [1.807, 2.05) is 0 Å². The van der Waals surface area contributed by atoms with Gasteiger partial charge in [0.15, 0.2) is 5.78 Å². The van der Waals surface area contributed by atoms with E-state index in [1.165, 1.54) is 13.8 Å². The largest absolute Gasteiger partial charge is 0.394 e. The molecule has 0 saturated heterocycles. The first kappa shape index (κ1) is 13.5. The lowest BCUT2D eigenvalue weighted by Gasteiger charge is -2.32. The SMILES string of the molecule is CC(=O)[C@](C)(N)[C@@H](O)[C@H](O)[C@H](O)CO. The van der Waals surface area contributed by atoms with Gasteiger partial charge in [-0.05, 0) is 13.8 Å². The van der Waals surface area contributed by atoms with Crippen molar-refractivity contribution >= 4 is 5.78 Å². The highest BCUT2D eigenvalue weighted by atomic mass is 16.4. The standard InChI is InChI=1S/C8H17NO5/c1-4(11)8(2,9)7(14)6(13)5(12)3-10/h5-7,10,12-14H,3,9H2,1-2H3/t5-,6-,7+,8+/m1/s1. The summed E-state index contributed by atoms with van der Waals surface area (Å²) in [5, 5.41) is 36.3. The van der Waals surface area contributed by atoms with Crippen LogP contribution in [0.2, 0.25) is 0 Å². The second-order valence-corrected chi connectivity index (χ2v) is 3.52. The average Bonchev–Trinajstić information content (AvgIpc) is 2.13. The van der Waals surface area contributed by atoms with Crippen molar-refractivity contribution in [3.63, 3.8) is 0 Å². The van der Waals surface area contributed by atoms with E-state index in [2.05, 4.69) is 0 Å². The number of aliphatic hydroxyl groups excluding tert-OH is 4. The van der Waals surface area contributed by atoms with Gasteiger partial charge in [-0.1, -0.05) is 0 Å². The first-order valence-corrected chi connectivity index (χ1v) is 4.20. The zero-order valence-electron chi connectivity index (χ0n) is 8.21. The third-order valence-electron chi connectivity index (χ3n) is 2.28. The number of carbonyl (C=O) groups is 1. The van der Waals surface area contributed by atoms with E-state index >= 15 is 0 Å². The number of carbonyl (C=O) groups excluding carboxylic acids is 1. The van der Waals surface area contributed by atoms with Crippen molar-refractivity contribution in [1.82, 2.24) is 0 Å². The van der Waals surface area contributed by atoms with Crippen molar-refractivity contribution in [3.05, 3.63) is 0 Å². The van der Waals surface area contributed by atoms with Crippen molar-refractivity contribution in [2.24, 2.45) is 5.73 Å². The highest BCUT2D eigenvalue weighted by molar-refractivity contribution is 5.86. The third-order valence-corrected chi connectivity index (χ3v) is 2.28. The molecule has 84 valence electrons. The number of hydrogen-bond acceptors (Lipinski definition) is 6. The maximum Gasteiger partial charge on any atom is 0.152 e. The Morgan fingerprint density at radius 2 is 1.86 bits per heavy atom. The minimum absolute atomic E-state index is 0.519. The van der Waals surface area contributed by atoms with Gasteiger partial charge < -0.3 is 26.2 Å². The van der Waals surface area contributed by atoms with E-state index in [1.54, 1.807) is 0 Å². The molecule has 0 heterocycles. The Bertz CT molecular complexity index is 206. The Labute approximate surface area is 82.0 Å². The molecule has 6 N–H and O–H groups in total. The van der Waals surface area contributed by atoms with E-state index in [9.17, 15) is 15.0 Å². The van der Waals surface area contributed by atoms with Crippen LogP contribution in [0.15, 0.2) is 0 Å². The van der Waals surface area contributed by atoms with E-state index in [0.29, 0.717) is 0 Å². The molecule has 0 unspecified atom stereocenters. The molecule has 0 fully saturated rings. The number of Topliss-reactive ketones (excluding diaryl/α,β-unsaturated/α-hetero) is 1. The molecule has 0 bridgehead atoms. The van der Waals surface area contributed by atoms with Crippen LogP contribution in [0.25, 0.3) is 0 Å². The quantitative estimate of drug-likeness (QED) is 0.336. The molecule has 0 saturated carbocycles. The van der Waals surface area contributed by atoms with Crippen LogP contribution in [-0.4, -0.2) is 56.7 Å². The molecule has 0 aliphatic heterocycles. The lowest BCUT2D eigenvalue weighted by atomic mass is 9.86. The molecule has 0 rings (SSSR count). The summed E-state index contributed by atoms with van der Waals surface area (Å²) >= 11 is 0. The van der Waals surface area contributed by atoms with Gasteiger partial charge in [0.1, 0.15) is 23.9 Å². The van der Waals surface area contributed by atoms with Crippen LogP contribution in [0.5, 0.6) is 0 Å². The smallest absolute Gasteiger partial charge is 0.152 e. The van der Waals surface area contributed by atoms with Gasteiger partial charge in [0, 0.05) is 0 Å². The van der Waals surface area contributed by atoms with Gasteiger partial charge in [-0.15, -0.1) is 0 Å². The second kappa shape index (κ2) is 4.81. The van der Waals surface area contributed by atoms with Gasteiger partial charge in [0.25, 0.3) is 0 Å². The first-order valence-electron chi connectivity index (χ1n) is 4.20. The zero-order valence-corrected chi connectivity index (χ0v) is 8.21. The molecule has 0 radical (unpaired) electrons. The topological polar surface area (TPSA) is 124 Å². The van der Waals surface area contributed by atoms with Crippen LogP contribution in [-0.2, 0) is 4.79 Å². The molecule has 14 heavy (non-hydrogen) atoms. The summed E-state index contributed by atoms with van der Waals surface area (Å²) < 4.78 is 0. The Morgan fingerprint density at radius 1 is 1.43 bits per heavy atom. The van der Waals surface area contributed by atoms with Gasteiger partial charge in [-0.2, -0.15) is 0 Å². The van der Waals surface area contributed by atoms with Crippen molar-refractivity contribution in [2.75, 3.05) is 6.61 Å². The Kier molecular flexibility index (Phi) is 4.63. The van der Waals surface area contributed by atoms with Crippen molar-refractivity contribution in [2.45, 2.75) is 37.7 Å². The Balaban J connectivity index is 4.60. The van der Waals surface area contributed by atoms with Crippen LogP contribution in [0.3, 0.4) is 0 Å². The predicted molar refractivity (Wildman–Crippen MR) is 48.4 cm³/mol. The number of nitrogens with two attached hydrogens (primary N) is 1. The molecule has 0 spiro atoms. The molecule has 0 aliphatic rings. The molecule has 0 aromatic heterocycles. The number of rotatable bonds is 5. The molecule has 0 amide bonds. The van der Waals surface area contributed by atoms with Gasteiger partial charge in [0.05, 0.1) is 6.61 Å². The second-order valence-electron chi connectivity index (χ2n) is 3.52. The minimum Gasteiger partial charge on any atom is -0.394 e. The lowest BCUT2D eigenvalue weighted by molar-refractivity contribution is -0.136. The molecular weight excluding hydrogens is 190 g/mol. The van der Waals surface area contributed by atoms with E-state index in [-0.39, 0.29) is 0 Å². The van der Waals surface area contributed by atoms with Crippen LogP contribution in [0.4, 0.5) is 0 Å². The fourth-order valence-electron chi connectivity index (χ4n) is 0.881. The van der Waals surface area contributed by atoms with Gasteiger partial charge in [0.2, 0.25) is 0 Å². The summed E-state index contributed by atoms with van der Waals surface area (Å²) in [6.45, 7) is 1.70. The van der Waals surface area contributed by atoms with Gasteiger partial charge in [-0.25, -0.2) is 0 Å². The van der Waals surface area contributed by atoms with Crippen molar-refractivity contribution in [1.29, 1.82) is 0 Å². The predicted octanol–water partition coefficient (Wildman–Crippen LogP) is -2.63. The summed E-state index contributed by atoms with van der Waals surface area (Å²) in [5.74, 6) is -0.519. The van der Waals surface area contributed by atoms with Gasteiger partial charge >= 0.3 is 0 Å². The van der Waals surface area contributed by atoms with Crippen LogP contribution >= 0.6 is 0 Å². The van der Waals surface area contributed by atoms with Crippen LogP contribution in [0.1, 0.15) is 13.8 Å². The molecule has 0 aliphatic carbocycles. The fraction of sp³-hybridized carbons (Fsp3) is 0.875. The Hall–Kier alpha value is -0.530. The van der Waals surface area contributed by atoms with E-state index < -0.39 is 36.2 Å². The van der Waals surface area contributed by atoms with Crippen LogP contribution < -0.4 is 5.73 Å². The Morgan fingerprint density at radius 3 is 2.14 bits per heavy atom. The number of hydrogen-bond donors (Lipinski definition) is 5. The number of ketones is 1.